The van der Waals surface area contributed by atoms with Gasteiger partial charge in [0.2, 0.25) is 0 Å². The number of hydrogen-bond donors (Lipinski definition) is 1. The van der Waals surface area contributed by atoms with Crippen LogP contribution in [0, 0.1) is 0 Å². The first-order valence-electron chi connectivity index (χ1n) is 6.07. The maximum Gasteiger partial charge on any atom is 0.170 e. The fourth-order valence-corrected chi connectivity index (χ4v) is 2.33. The van der Waals surface area contributed by atoms with Crippen LogP contribution in [0.2, 0.25) is 10.0 Å². The number of ether oxygens (including phenoxy) is 2. The van der Waals surface area contributed by atoms with Crippen molar-refractivity contribution in [1.82, 2.24) is 0 Å². The largest absolute Gasteiger partial charge is 0.493 e. The Morgan fingerprint density at radius 2 is 1.81 bits per heavy atom. The second-order valence-corrected chi connectivity index (χ2v) is 4.93. The molecule has 2 aromatic rings. The Hall–Kier alpha value is -1.91. The quantitative estimate of drug-likeness (QED) is 0.504. The second kappa shape index (κ2) is 7.20. The Balaban J connectivity index is 2.31. The van der Waals surface area contributed by atoms with Gasteiger partial charge >= 0.3 is 0 Å². The standard InChI is InChI=1S/C15H13Cl2NO3/c1-20-14-7-2-4-10(8-18-19)15(14)21-9-11-12(16)5-3-6-13(11)17/h2-8,19H,9H2,1H3/b18-8+. The zero-order chi connectivity index (χ0) is 15.2. The highest BCUT2D eigenvalue weighted by Gasteiger charge is 2.12. The average molecular weight is 326 g/mol. The zero-order valence-electron chi connectivity index (χ0n) is 11.2. The van der Waals surface area contributed by atoms with Gasteiger partial charge in [-0.3, -0.25) is 0 Å². The average Bonchev–Trinajstić information content (AvgIpc) is 2.48. The molecule has 0 amide bonds. The van der Waals surface area contributed by atoms with Crippen LogP contribution < -0.4 is 9.47 Å². The minimum absolute atomic E-state index is 0.172. The minimum Gasteiger partial charge on any atom is -0.493 e. The zero-order valence-corrected chi connectivity index (χ0v) is 12.7. The topological polar surface area (TPSA) is 51.0 Å². The number of halogens is 2. The van der Waals surface area contributed by atoms with Gasteiger partial charge in [0.05, 0.1) is 13.3 Å². The van der Waals surface area contributed by atoms with Crippen molar-refractivity contribution < 1.29 is 14.7 Å². The fourth-order valence-electron chi connectivity index (χ4n) is 1.83. The van der Waals surface area contributed by atoms with E-state index >= 15 is 0 Å². The lowest BCUT2D eigenvalue weighted by atomic mass is 10.2. The van der Waals surface area contributed by atoms with Crippen molar-refractivity contribution in [3.05, 3.63) is 57.6 Å². The Bertz CT molecular complexity index is 639. The molecule has 0 bridgehead atoms. The molecule has 1 N–H and O–H groups in total. The Kier molecular flexibility index (Phi) is 5.31. The molecular formula is C15H13Cl2NO3. The molecule has 6 heteroatoms. The summed E-state index contributed by atoms with van der Waals surface area (Å²) in [5, 5.41) is 12.8. The maximum absolute atomic E-state index is 8.71. The number of rotatable bonds is 5. The number of benzene rings is 2. The van der Waals surface area contributed by atoms with Crippen molar-refractivity contribution in [2.45, 2.75) is 6.61 Å². The molecular weight excluding hydrogens is 313 g/mol. The molecule has 0 spiro atoms. The van der Waals surface area contributed by atoms with Gasteiger partial charge in [-0.25, -0.2) is 0 Å². The molecule has 0 radical (unpaired) electrons. The molecule has 2 aromatic carbocycles. The second-order valence-electron chi connectivity index (χ2n) is 4.11. The first-order chi connectivity index (χ1) is 10.2. The molecule has 0 atom stereocenters. The van der Waals surface area contributed by atoms with Gasteiger partial charge in [0.25, 0.3) is 0 Å². The summed E-state index contributed by atoms with van der Waals surface area (Å²) in [5.74, 6) is 0.976. The van der Waals surface area contributed by atoms with Crippen LogP contribution in [0.15, 0.2) is 41.6 Å². The maximum atomic E-state index is 8.71. The van der Waals surface area contributed by atoms with Crippen LogP contribution in [0.4, 0.5) is 0 Å². The summed E-state index contributed by atoms with van der Waals surface area (Å²) in [5.41, 5.74) is 1.26. The minimum atomic E-state index is 0.172. The van der Waals surface area contributed by atoms with Gasteiger partial charge in [-0.1, -0.05) is 40.5 Å². The number of nitrogens with zero attached hydrogens (tertiary/aromatic N) is 1. The molecule has 0 aromatic heterocycles. The number of hydrogen-bond acceptors (Lipinski definition) is 4. The fraction of sp³-hybridized carbons (Fsp3) is 0.133. The normalized spacial score (nSPS) is 10.8. The molecule has 0 unspecified atom stereocenters. The van der Waals surface area contributed by atoms with Crippen LogP contribution in [0.3, 0.4) is 0 Å². The SMILES string of the molecule is COc1cccc(/C=N/O)c1OCc1c(Cl)cccc1Cl. The summed E-state index contributed by atoms with van der Waals surface area (Å²) >= 11 is 12.2. The third kappa shape index (κ3) is 3.60. The summed E-state index contributed by atoms with van der Waals surface area (Å²) in [6, 6.07) is 10.5. The number of oxime groups is 1. The van der Waals surface area contributed by atoms with E-state index in [1.807, 2.05) is 0 Å². The van der Waals surface area contributed by atoms with Crippen LogP contribution >= 0.6 is 23.2 Å². The van der Waals surface area contributed by atoms with E-state index in [1.54, 1.807) is 36.4 Å². The van der Waals surface area contributed by atoms with Crippen LogP contribution in [0.1, 0.15) is 11.1 Å². The lowest BCUT2D eigenvalue weighted by Crippen LogP contribution is -2.02. The van der Waals surface area contributed by atoms with Crippen molar-refractivity contribution in [2.75, 3.05) is 7.11 Å². The van der Waals surface area contributed by atoms with Crippen LogP contribution in [0.25, 0.3) is 0 Å². The molecule has 0 saturated carbocycles. The highest BCUT2D eigenvalue weighted by molar-refractivity contribution is 6.35. The molecule has 21 heavy (non-hydrogen) atoms. The summed E-state index contributed by atoms with van der Waals surface area (Å²) in [6.07, 6.45) is 1.27. The van der Waals surface area contributed by atoms with Gasteiger partial charge in [0.1, 0.15) is 6.61 Å². The van der Waals surface area contributed by atoms with Crippen molar-refractivity contribution >= 4 is 29.4 Å². The van der Waals surface area contributed by atoms with Gasteiger partial charge in [-0.05, 0) is 24.3 Å². The number of para-hydroxylation sites is 1. The Morgan fingerprint density at radius 1 is 1.14 bits per heavy atom. The van der Waals surface area contributed by atoms with Gasteiger partial charge in [0, 0.05) is 21.2 Å². The molecule has 4 nitrogen and oxygen atoms in total. The summed E-state index contributed by atoms with van der Waals surface area (Å²) in [7, 11) is 1.53. The van der Waals surface area contributed by atoms with Gasteiger partial charge in [0.15, 0.2) is 11.5 Å². The summed E-state index contributed by atoms with van der Waals surface area (Å²) in [4.78, 5) is 0. The lowest BCUT2D eigenvalue weighted by Gasteiger charge is -2.14. The highest BCUT2D eigenvalue weighted by Crippen LogP contribution is 2.32. The van der Waals surface area contributed by atoms with Crippen LogP contribution in [-0.2, 0) is 6.61 Å². The third-order valence-corrected chi connectivity index (χ3v) is 3.56. The van der Waals surface area contributed by atoms with Crippen molar-refractivity contribution in [3.63, 3.8) is 0 Å². The predicted molar refractivity (Wildman–Crippen MR) is 83.2 cm³/mol. The van der Waals surface area contributed by atoms with E-state index in [1.165, 1.54) is 13.3 Å². The smallest absolute Gasteiger partial charge is 0.170 e. The molecule has 0 fully saturated rings. The molecule has 110 valence electrons. The van der Waals surface area contributed by atoms with E-state index < -0.39 is 0 Å². The van der Waals surface area contributed by atoms with Gasteiger partial charge in [-0.2, -0.15) is 0 Å². The Labute approximate surface area is 132 Å². The molecule has 0 aliphatic carbocycles. The van der Waals surface area contributed by atoms with E-state index in [0.717, 1.165) is 0 Å². The van der Waals surface area contributed by atoms with Crippen molar-refractivity contribution in [1.29, 1.82) is 0 Å². The first-order valence-corrected chi connectivity index (χ1v) is 6.83. The molecule has 0 heterocycles. The van der Waals surface area contributed by atoms with Crippen molar-refractivity contribution in [3.8, 4) is 11.5 Å². The van der Waals surface area contributed by atoms with E-state index in [2.05, 4.69) is 5.16 Å². The molecule has 0 aliphatic rings. The van der Waals surface area contributed by atoms with E-state index in [9.17, 15) is 0 Å². The first kappa shape index (κ1) is 15.5. The summed E-state index contributed by atoms with van der Waals surface area (Å²) < 4.78 is 11.0. The van der Waals surface area contributed by atoms with E-state index in [0.29, 0.717) is 32.7 Å². The van der Waals surface area contributed by atoms with E-state index in [-0.39, 0.29) is 6.61 Å². The highest BCUT2D eigenvalue weighted by atomic mass is 35.5. The monoisotopic (exact) mass is 325 g/mol. The predicted octanol–water partition coefficient (Wildman–Crippen LogP) is 4.39. The van der Waals surface area contributed by atoms with Crippen molar-refractivity contribution in [2.24, 2.45) is 5.16 Å². The van der Waals surface area contributed by atoms with Gasteiger partial charge < -0.3 is 14.7 Å². The Morgan fingerprint density at radius 3 is 2.43 bits per heavy atom. The number of methoxy groups -OCH3 is 1. The lowest BCUT2D eigenvalue weighted by molar-refractivity contribution is 0.283. The molecule has 0 aliphatic heterocycles. The van der Waals surface area contributed by atoms with Crippen LogP contribution in [-0.4, -0.2) is 18.5 Å². The third-order valence-electron chi connectivity index (χ3n) is 2.85. The molecule has 2 rings (SSSR count). The summed E-state index contributed by atoms with van der Waals surface area (Å²) in [6.45, 7) is 0.172. The van der Waals surface area contributed by atoms with E-state index in [4.69, 9.17) is 37.9 Å². The molecule has 0 saturated heterocycles. The van der Waals surface area contributed by atoms with Gasteiger partial charge in [-0.15, -0.1) is 0 Å². The van der Waals surface area contributed by atoms with Crippen LogP contribution in [0.5, 0.6) is 11.5 Å².